The van der Waals surface area contributed by atoms with Gasteiger partial charge in [-0.2, -0.15) is 0 Å². The minimum absolute atomic E-state index is 0.0780. The van der Waals surface area contributed by atoms with Crippen LogP contribution < -0.4 is 16.0 Å². The molecule has 0 aliphatic carbocycles. The van der Waals surface area contributed by atoms with Crippen molar-refractivity contribution in [2.75, 3.05) is 56.8 Å². The van der Waals surface area contributed by atoms with Gasteiger partial charge in [-0.1, -0.05) is 11.6 Å². The summed E-state index contributed by atoms with van der Waals surface area (Å²) in [5.41, 5.74) is 7.86. The minimum Gasteiger partial charge on any atom is -0.381 e. The number of pyridine rings is 1. The molecular weight excluding hydrogens is 432 g/mol. The van der Waals surface area contributed by atoms with Gasteiger partial charge in [-0.25, -0.2) is 9.50 Å². The first-order valence-corrected chi connectivity index (χ1v) is 10.7. The van der Waals surface area contributed by atoms with Crippen LogP contribution in [0.5, 0.6) is 0 Å². The van der Waals surface area contributed by atoms with Crippen LogP contribution in [0.2, 0.25) is 5.02 Å². The van der Waals surface area contributed by atoms with Gasteiger partial charge in [0.15, 0.2) is 11.5 Å². The lowest BCUT2D eigenvalue weighted by atomic mass is 9.90. The molecule has 0 atom stereocenters. The molecule has 3 aromatic rings. The predicted octanol–water partition coefficient (Wildman–Crippen LogP) is 2.16. The van der Waals surface area contributed by atoms with Crippen LogP contribution >= 0.6 is 11.6 Å². The van der Waals surface area contributed by atoms with Crippen molar-refractivity contribution in [1.29, 1.82) is 0 Å². The Hall–Kier alpha value is -2.95. The second kappa shape index (κ2) is 8.89. The number of ether oxygens (including phenoxy) is 1. The van der Waals surface area contributed by atoms with Crippen molar-refractivity contribution in [3.8, 4) is 0 Å². The molecule has 0 aromatic carbocycles. The van der Waals surface area contributed by atoms with E-state index >= 15 is 0 Å². The molecule has 0 spiro atoms. The summed E-state index contributed by atoms with van der Waals surface area (Å²) in [6.45, 7) is 2.46. The Bertz CT molecular complexity index is 1120. The first-order valence-electron chi connectivity index (χ1n) is 10.3. The first kappa shape index (κ1) is 22.3. The van der Waals surface area contributed by atoms with Gasteiger partial charge in [0.05, 0.1) is 34.4 Å². The van der Waals surface area contributed by atoms with Gasteiger partial charge in [-0.15, -0.1) is 5.10 Å². The van der Waals surface area contributed by atoms with Crippen molar-refractivity contribution in [3.63, 3.8) is 0 Å². The van der Waals surface area contributed by atoms with Gasteiger partial charge < -0.3 is 25.6 Å². The van der Waals surface area contributed by atoms with Gasteiger partial charge in [0.2, 0.25) is 0 Å². The summed E-state index contributed by atoms with van der Waals surface area (Å²) >= 11 is 5.96. The Kier molecular flexibility index (Phi) is 6.18. The highest BCUT2D eigenvalue weighted by Gasteiger charge is 2.35. The second-order valence-electron chi connectivity index (χ2n) is 8.26. The van der Waals surface area contributed by atoms with Gasteiger partial charge in [-0.3, -0.25) is 9.78 Å². The zero-order valence-electron chi connectivity index (χ0n) is 18.4. The number of hydrogen-bond acceptors (Lipinski definition) is 8. The molecule has 0 bridgehead atoms. The van der Waals surface area contributed by atoms with Crippen molar-refractivity contribution in [2.45, 2.75) is 18.4 Å². The van der Waals surface area contributed by atoms with Crippen molar-refractivity contribution in [3.05, 3.63) is 41.4 Å². The smallest absolute Gasteiger partial charge is 0.263 e. The number of amides is 1. The average Bonchev–Trinajstić information content (AvgIpc) is 3.09. The number of fused-ring (bicyclic) bond motifs is 1. The number of piperidine rings is 1. The maximum absolute atomic E-state index is 13.1. The molecule has 4 rings (SSSR count). The fraction of sp³-hybridized carbons (Fsp3) is 0.429. The number of nitrogens with zero attached hydrogens (tertiary/aromatic N) is 6. The van der Waals surface area contributed by atoms with Gasteiger partial charge in [0.25, 0.3) is 5.91 Å². The SMILES string of the molecule is COC1(CN(C)C)CCN(c2ccncc2NC(=O)c2c(N)nn3cc(Cl)cnc23)CC1. The third-order valence-corrected chi connectivity index (χ3v) is 5.99. The van der Waals surface area contributed by atoms with E-state index in [1.54, 1.807) is 25.7 Å². The molecule has 1 aliphatic heterocycles. The Morgan fingerprint density at radius 3 is 2.78 bits per heavy atom. The Labute approximate surface area is 191 Å². The standard InChI is InChI=1S/C21H27ClN8O2/c1-28(2)13-21(32-3)5-8-29(9-6-21)16-4-7-24-11-15(16)26-20(31)17-18(23)27-30-12-14(22)10-25-19(17)30/h4,7,10-12H,5-6,8-9,13H2,1-3H3,(H2,23,27)(H,26,31). The molecular formula is C21H27ClN8O2. The number of halogens is 1. The van der Waals surface area contributed by atoms with Gasteiger partial charge in [0.1, 0.15) is 5.56 Å². The molecule has 11 heteroatoms. The van der Waals surface area contributed by atoms with Crippen molar-refractivity contribution >= 4 is 40.3 Å². The molecule has 1 saturated heterocycles. The van der Waals surface area contributed by atoms with Crippen LogP contribution in [0.15, 0.2) is 30.9 Å². The third-order valence-electron chi connectivity index (χ3n) is 5.79. The Balaban J connectivity index is 1.55. The van der Waals surface area contributed by atoms with E-state index in [9.17, 15) is 4.79 Å². The molecule has 3 aromatic heterocycles. The molecule has 1 aliphatic rings. The quantitative estimate of drug-likeness (QED) is 0.577. The van der Waals surface area contributed by atoms with Crippen LogP contribution in [0, 0.1) is 0 Å². The van der Waals surface area contributed by atoms with Gasteiger partial charge in [0, 0.05) is 39.1 Å². The van der Waals surface area contributed by atoms with Crippen LogP contribution in [0.4, 0.5) is 17.2 Å². The second-order valence-corrected chi connectivity index (χ2v) is 8.70. The largest absolute Gasteiger partial charge is 0.381 e. The maximum Gasteiger partial charge on any atom is 0.263 e. The summed E-state index contributed by atoms with van der Waals surface area (Å²) in [4.78, 5) is 25.9. The summed E-state index contributed by atoms with van der Waals surface area (Å²) in [7, 11) is 5.89. The average molecular weight is 459 g/mol. The van der Waals surface area contributed by atoms with E-state index in [0.29, 0.717) is 16.4 Å². The normalized spacial score (nSPS) is 16.0. The fourth-order valence-electron chi connectivity index (χ4n) is 4.25. The maximum atomic E-state index is 13.1. The predicted molar refractivity (Wildman–Crippen MR) is 124 cm³/mol. The lowest BCUT2D eigenvalue weighted by Crippen LogP contribution is -2.51. The highest BCUT2D eigenvalue weighted by atomic mass is 35.5. The van der Waals surface area contributed by atoms with Crippen LogP contribution in [0.25, 0.3) is 5.65 Å². The number of nitrogen functional groups attached to an aromatic ring is 1. The molecule has 1 fully saturated rings. The summed E-state index contributed by atoms with van der Waals surface area (Å²) < 4.78 is 7.29. The lowest BCUT2D eigenvalue weighted by Gasteiger charge is -2.43. The zero-order chi connectivity index (χ0) is 22.9. The van der Waals surface area contributed by atoms with Gasteiger partial charge in [-0.05, 0) is 33.0 Å². The van der Waals surface area contributed by atoms with E-state index < -0.39 is 5.91 Å². The summed E-state index contributed by atoms with van der Waals surface area (Å²) in [6.07, 6.45) is 8.11. The highest BCUT2D eigenvalue weighted by molar-refractivity contribution is 6.30. The molecule has 0 saturated carbocycles. The first-order chi connectivity index (χ1) is 15.3. The van der Waals surface area contributed by atoms with E-state index in [1.807, 2.05) is 6.07 Å². The van der Waals surface area contributed by atoms with Crippen LogP contribution in [0.3, 0.4) is 0 Å². The van der Waals surface area contributed by atoms with Crippen molar-refractivity contribution in [2.24, 2.45) is 0 Å². The lowest BCUT2D eigenvalue weighted by molar-refractivity contribution is -0.0454. The van der Waals surface area contributed by atoms with E-state index in [0.717, 1.165) is 38.2 Å². The number of nitrogens with two attached hydrogens (primary N) is 1. The summed E-state index contributed by atoms with van der Waals surface area (Å²) in [5.74, 6) is -0.327. The number of carbonyl (C=O) groups is 1. The molecule has 0 radical (unpaired) electrons. The van der Waals surface area contributed by atoms with Crippen LogP contribution in [-0.2, 0) is 4.74 Å². The molecule has 0 unspecified atom stereocenters. The third kappa shape index (κ3) is 4.34. The number of nitrogens with one attached hydrogen (secondary N) is 1. The Morgan fingerprint density at radius 2 is 2.09 bits per heavy atom. The number of carbonyl (C=O) groups excluding carboxylic acids is 1. The molecule has 4 heterocycles. The number of rotatable bonds is 6. The molecule has 10 nitrogen and oxygen atoms in total. The minimum atomic E-state index is -0.405. The monoisotopic (exact) mass is 458 g/mol. The number of hydrogen-bond donors (Lipinski definition) is 2. The van der Waals surface area contributed by atoms with Crippen LogP contribution in [0.1, 0.15) is 23.2 Å². The number of anilines is 3. The molecule has 170 valence electrons. The van der Waals surface area contributed by atoms with Crippen molar-refractivity contribution in [1.82, 2.24) is 24.5 Å². The van der Waals surface area contributed by atoms with Gasteiger partial charge >= 0.3 is 0 Å². The zero-order valence-corrected chi connectivity index (χ0v) is 19.1. The van der Waals surface area contributed by atoms with E-state index in [-0.39, 0.29) is 17.0 Å². The van der Waals surface area contributed by atoms with E-state index in [2.05, 4.69) is 44.3 Å². The van der Waals surface area contributed by atoms with E-state index in [1.165, 1.54) is 10.7 Å². The van der Waals surface area contributed by atoms with E-state index in [4.69, 9.17) is 22.1 Å². The molecule has 1 amide bonds. The highest BCUT2D eigenvalue weighted by Crippen LogP contribution is 2.33. The number of likely N-dealkylation sites (N-methyl/N-ethyl adjacent to an activating group) is 1. The summed E-state index contributed by atoms with van der Waals surface area (Å²) in [5, 5.41) is 7.47. The van der Waals surface area contributed by atoms with Crippen LogP contribution in [-0.4, -0.2) is 76.8 Å². The van der Waals surface area contributed by atoms with Crippen molar-refractivity contribution < 1.29 is 9.53 Å². The Morgan fingerprint density at radius 1 is 1.34 bits per heavy atom. The number of methoxy groups -OCH3 is 1. The topological polar surface area (TPSA) is 114 Å². The summed E-state index contributed by atoms with van der Waals surface area (Å²) in [6, 6.07) is 1.90. The number of aromatic nitrogens is 4. The fourth-order valence-corrected chi connectivity index (χ4v) is 4.39. The molecule has 3 N–H and O–H groups in total. The molecule has 32 heavy (non-hydrogen) atoms.